The molecule has 5 heteroatoms. The minimum atomic E-state index is -0.243. The van der Waals surface area contributed by atoms with Gasteiger partial charge in [0.1, 0.15) is 5.82 Å². The molecule has 0 saturated carbocycles. The largest absolute Gasteiger partial charge is 0.311 e. The molecule has 1 atom stereocenters. The lowest BCUT2D eigenvalue weighted by atomic mass is 10.1. The van der Waals surface area contributed by atoms with Crippen molar-refractivity contribution in [2.24, 2.45) is 0 Å². The number of nitrogens with zero attached hydrogens (tertiary/aromatic N) is 1. The van der Waals surface area contributed by atoms with Gasteiger partial charge < -0.3 is 5.32 Å². The van der Waals surface area contributed by atoms with Crippen molar-refractivity contribution in [1.29, 1.82) is 5.26 Å². The van der Waals surface area contributed by atoms with Crippen molar-refractivity contribution < 1.29 is 4.39 Å². The van der Waals surface area contributed by atoms with E-state index in [1.807, 2.05) is 29.6 Å². The highest BCUT2D eigenvalue weighted by atomic mass is 32.2. The predicted octanol–water partition coefficient (Wildman–Crippen LogP) is 2.64. The molecule has 1 aliphatic heterocycles. The van der Waals surface area contributed by atoms with E-state index in [0.29, 0.717) is 22.9 Å². The van der Waals surface area contributed by atoms with Gasteiger partial charge in [-0.1, -0.05) is 0 Å². The SMILES string of the molecule is N#Cc1ccc(F)c(CNCC2CSCCS2)c1. The fourth-order valence-corrected chi connectivity index (χ4v) is 4.45. The summed E-state index contributed by atoms with van der Waals surface area (Å²) in [6.07, 6.45) is 0. The maximum absolute atomic E-state index is 13.5. The van der Waals surface area contributed by atoms with Crippen molar-refractivity contribution in [2.75, 3.05) is 23.8 Å². The first kappa shape index (κ1) is 13.7. The molecule has 1 aromatic rings. The van der Waals surface area contributed by atoms with E-state index in [0.717, 1.165) is 6.54 Å². The van der Waals surface area contributed by atoms with Gasteiger partial charge in [0.25, 0.3) is 0 Å². The zero-order valence-corrected chi connectivity index (χ0v) is 11.6. The van der Waals surface area contributed by atoms with Gasteiger partial charge in [-0.3, -0.25) is 0 Å². The highest BCUT2D eigenvalue weighted by molar-refractivity contribution is 8.06. The van der Waals surface area contributed by atoms with Crippen LogP contribution in [0.15, 0.2) is 18.2 Å². The van der Waals surface area contributed by atoms with E-state index in [9.17, 15) is 4.39 Å². The fraction of sp³-hybridized carbons (Fsp3) is 0.462. The van der Waals surface area contributed by atoms with E-state index < -0.39 is 0 Å². The Balaban J connectivity index is 1.84. The number of halogens is 1. The van der Waals surface area contributed by atoms with Crippen LogP contribution < -0.4 is 5.32 Å². The van der Waals surface area contributed by atoms with Crippen molar-refractivity contribution in [1.82, 2.24) is 5.32 Å². The number of hydrogen-bond acceptors (Lipinski definition) is 4. The Bertz CT molecular complexity index is 439. The maximum atomic E-state index is 13.5. The maximum Gasteiger partial charge on any atom is 0.127 e. The molecule has 0 spiro atoms. The fourth-order valence-electron chi connectivity index (χ4n) is 1.80. The van der Waals surface area contributed by atoms with Gasteiger partial charge in [0.15, 0.2) is 0 Å². The summed E-state index contributed by atoms with van der Waals surface area (Å²) >= 11 is 3.96. The summed E-state index contributed by atoms with van der Waals surface area (Å²) < 4.78 is 13.5. The summed E-state index contributed by atoms with van der Waals surface area (Å²) in [6.45, 7) is 1.39. The smallest absolute Gasteiger partial charge is 0.127 e. The van der Waals surface area contributed by atoms with Gasteiger partial charge in [0.2, 0.25) is 0 Å². The normalized spacial score (nSPS) is 19.4. The minimum absolute atomic E-state index is 0.243. The van der Waals surface area contributed by atoms with Gasteiger partial charge in [-0.05, 0) is 18.2 Å². The topological polar surface area (TPSA) is 35.8 Å². The Morgan fingerprint density at radius 1 is 1.44 bits per heavy atom. The van der Waals surface area contributed by atoms with Crippen LogP contribution >= 0.6 is 23.5 Å². The number of thioether (sulfide) groups is 2. The molecule has 1 aliphatic rings. The van der Waals surface area contributed by atoms with Crippen LogP contribution in [0.3, 0.4) is 0 Å². The second-order valence-corrected chi connectivity index (χ2v) is 6.67. The van der Waals surface area contributed by atoms with E-state index in [1.165, 1.54) is 29.4 Å². The average molecular weight is 282 g/mol. The van der Waals surface area contributed by atoms with Crippen molar-refractivity contribution in [3.63, 3.8) is 0 Å². The molecule has 0 aliphatic carbocycles. The van der Waals surface area contributed by atoms with Crippen LogP contribution in [0.25, 0.3) is 0 Å². The number of nitrogens with one attached hydrogen (secondary N) is 1. The highest BCUT2D eigenvalue weighted by Crippen LogP contribution is 2.23. The lowest BCUT2D eigenvalue weighted by molar-refractivity contribution is 0.588. The molecule has 96 valence electrons. The van der Waals surface area contributed by atoms with Crippen molar-refractivity contribution >= 4 is 23.5 Å². The summed E-state index contributed by atoms with van der Waals surface area (Å²) in [5.41, 5.74) is 1.08. The third kappa shape index (κ3) is 3.91. The van der Waals surface area contributed by atoms with Gasteiger partial charge in [-0.15, -0.1) is 0 Å². The molecule has 1 aromatic carbocycles. The molecule has 1 heterocycles. The van der Waals surface area contributed by atoms with Gasteiger partial charge in [0, 0.05) is 41.2 Å². The van der Waals surface area contributed by atoms with Crippen LogP contribution in [-0.2, 0) is 6.54 Å². The third-order valence-electron chi connectivity index (χ3n) is 2.75. The number of nitriles is 1. The second kappa shape index (κ2) is 7.03. The molecule has 0 bridgehead atoms. The molecule has 1 unspecified atom stereocenters. The first-order valence-corrected chi connectivity index (χ1v) is 8.08. The minimum Gasteiger partial charge on any atom is -0.311 e. The molecule has 1 saturated heterocycles. The van der Waals surface area contributed by atoms with E-state index >= 15 is 0 Å². The summed E-state index contributed by atoms with van der Waals surface area (Å²) in [7, 11) is 0. The molecular weight excluding hydrogens is 267 g/mol. The molecule has 1 N–H and O–H groups in total. The molecule has 0 amide bonds. The Morgan fingerprint density at radius 3 is 3.06 bits per heavy atom. The zero-order valence-electron chi connectivity index (χ0n) is 9.99. The van der Waals surface area contributed by atoms with Gasteiger partial charge in [0.05, 0.1) is 11.6 Å². The highest BCUT2D eigenvalue weighted by Gasteiger charge is 2.13. The van der Waals surface area contributed by atoms with Crippen LogP contribution in [0.1, 0.15) is 11.1 Å². The van der Waals surface area contributed by atoms with E-state index in [-0.39, 0.29) is 5.82 Å². The quantitative estimate of drug-likeness (QED) is 0.921. The number of benzene rings is 1. The van der Waals surface area contributed by atoms with Crippen molar-refractivity contribution in [2.45, 2.75) is 11.8 Å². The molecule has 1 fully saturated rings. The molecule has 2 nitrogen and oxygen atoms in total. The third-order valence-corrected chi connectivity index (χ3v) is 5.59. The average Bonchev–Trinajstić information content (AvgIpc) is 2.42. The predicted molar refractivity (Wildman–Crippen MR) is 76.4 cm³/mol. The van der Waals surface area contributed by atoms with Gasteiger partial charge in [-0.2, -0.15) is 28.8 Å². The van der Waals surface area contributed by atoms with Gasteiger partial charge >= 0.3 is 0 Å². The van der Waals surface area contributed by atoms with Crippen molar-refractivity contribution in [3.8, 4) is 6.07 Å². The molecule has 0 aromatic heterocycles. The van der Waals surface area contributed by atoms with Gasteiger partial charge in [-0.25, -0.2) is 4.39 Å². The van der Waals surface area contributed by atoms with E-state index in [4.69, 9.17) is 5.26 Å². The zero-order chi connectivity index (χ0) is 12.8. The lowest BCUT2D eigenvalue weighted by Gasteiger charge is -2.21. The Labute approximate surface area is 115 Å². The summed E-state index contributed by atoms with van der Waals surface area (Å²) in [5, 5.41) is 12.7. The lowest BCUT2D eigenvalue weighted by Crippen LogP contribution is -2.28. The molecule has 18 heavy (non-hydrogen) atoms. The number of rotatable bonds is 4. The van der Waals surface area contributed by atoms with E-state index in [2.05, 4.69) is 5.32 Å². The number of hydrogen-bond donors (Lipinski definition) is 1. The van der Waals surface area contributed by atoms with Crippen LogP contribution in [0.5, 0.6) is 0 Å². The van der Waals surface area contributed by atoms with Crippen molar-refractivity contribution in [3.05, 3.63) is 35.1 Å². The Kier molecular flexibility index (Phi) is 5.36. The van der Waals surface area contributed by atoms with Crippen LogP contribution in [0.4, 0.5) is 4.39 Å². The summed E-state index contributed by atoms with van der Waals surface area (Å²) in [6, 6.07) is 6.52. The Hall–Kier alpha value is -0.700. The van der Waals surface area contributed by atoms with Crippen LogP contribution in [-0.4, -0.2) is 29.1 Å². The Morgan fingerprint density at radius 2 is 2.33 bits per heavy atom. The molecule has 0 radical (unpaired) electrons. The van der Waals surface area contributed by atoms with E-state index in [1.54, 1.807) is 6.07 Å². The first-order valence-electron chi connectivity index (χ1n) is 5.88. The molecular formula is C13H15FN2S2. The van der Waals surface area contributed by atoms with Crippen LogP contribution in [0, 0.1) is 17.1 Å². The van der Waals surface area contributed by atoms with Crippen LogP contribution in [0.2, 0.25) is 0 Å². The summed E-state index contributed by atoms with van der Waals surface area (Å²) in [4.78, 5) is 0. The molecule has 2 rings (SSSR count). The first-order chi connectivity index (χ1) is 8.79. The standard InChI is InChI=1S/C13H15FN2S2/c14-13-2-1-10(6-15)5-11(13)7-16-8-12-9-17-3-4-18-12/h1-2,5,12,16H,3-4,7-9H2. The monoisotopic (exact) mass is 282 g/mol. The summed E-state index contributed by atoms with van der Waals surface area (Å²) in [5.74, 6) is 3.36. The second-order valence-electron chi connectivity index (χ2n) is 4.12.